The molecule has 110 valence electrons. The summed E-state index contributed by atoms with van der Waals surface area (Å²) in [5.41, 5.74) is 0. The quantitative estimate of drug-likeness (QED) is 0.831. The van der Waals surface area contributed by atoms with Gasteiger partial charge in [0.2, 0.25) is 5.91 Å². The summed E-state index contributed by atoms with van der Waals surface area (Å²) in [6, 6.07) is 0.131. The lowest BCUT2D eigenvalue weighted by Crippen LogP contribution is -2.61. The Bertz CT molecular complexity index is 308. The van der Waals surface area contributed by atoms with Gasteiger partial charge in [0.15, 0.2) is 0 Å². The highest BCUT2D eigenvalue weighted by Crippen LogP contribution is 2.31. The first kappa shape index (κ1) is 14.8. The zero-order chi connectivity index (χ0) is 13.8. The number of rotatable bonds is 5. The predicted molar refractivity (Wildman–Crippen MR) is 73.9 cm³/mol. The molecule has 0 saturated heterocycles. The molecule has 0 aliphatic heterocycles. The Morgan fingerprint density at radius 3 is 2.74 bits per heavy atom. The van der Waals surface area contributed by atoms with Crippen LogP contribution < -0.4 is 5.32 Å². The fourth-order valence-electron chi connectivity index (χ4n) is 3.39. The van der Waals surface area contributed by atoms with Crippen LogP contribution in [0.5, 0.6) is 0 Å². The van der Waals surface area contributed by atoms with Gasteiger partial charge in [0, 0.05) is 19.6 Å². The van der Waals surface area contributed by atoms with Crippen molar-refractivity contribution in [1.29, 1.82) is 0 Å². The van der Waals surface area contributed by atoms with E-state index in [1.807, 2.05) is 6.92 Å². The van der Waals surface area contributed by atoms with Gasteiger partial charge in [-0.25, -0.2) is 0 Å². The second-order valence-corrected chi connectivity index (χ2v) is 6.01. The van der Waals surface area contributed by atoms with Crippen LogP contribution in [-0.4, -0.2) is 37.9 Å². The van der Waals surface area contributed by atoms with Crippen molar-refractivity contribution in [3.63, 3.8) is 0 Å². The van der Waals surface area contributed by atoms with Crippen molar-refractivity contribution in [2.75, 3.05) is 13.7 Å². The minimum Gasteiger partial charge on any atom is -0.377 e. The maximum Gasteiger partial charge on any atom is 0.223 e. The molecule has 0 aromatic rings. The summed E-state index contributed by atoms with van der Waals surface area (Å²) in [7, 11) is 1.69. The third-order valence-electron chi connectivity index (χ3n) is 4.54. The summed E-state index contributed by atoms with van der Waals surface area (Å²) in [5, 5.41) is 3.15. The van der Waals surface area contributed by atoms with Crippen LogP contribution in [0.25, 0.3) is 0 Å². The van der Waals surface area contributed by atoms with Gasteiger partial charge in [-0.1, -0.05) is 19.8 Å². The van der Waals surface area contributed by atoms with Crippen molar-refractivity contribution < 1.29 is 14.3 Å². The first-order valence-electron chi connectivity index (χ1n) is 7.60. The van der Waals surface area contributed by atoms with Gasteiger partial charge in [-0.05, 0) is 32.1 Å². The normalized spacial score (nSPS) is 38.6. The van der Waals surface area contributed by atoms with Crippen LogP contribution in [-0.2, 0) is 14.3 Å². The summed E-state index contributed by atoms with van der Waals surface area (Å²) in [6.07, 6.45) is 5.55. The number of hydrogen-bond donors (Lipinski definition) is 1. The molecule has 0 bridgehead atoms. The van der Waals surface area contributed by atoms with Gasteiger partial charge in [0.25, 0.3) is 0 Å². The summed E-state index contributed by atoms with van der Waals surface area (Å²) in [4.78, 5) is 12.3. The molecular formula is C15H27NO3. The van der Waals surface area contributed by atoms with Gasteiger partial charge in [-0.2, -0.15) is 0 Å². The first-order valence-corrected chi connectivity index (χ1v) is 7.60. The van der Waals surface area contributed by atoms with E-state index in [1.54, 1.807) is 7.11 Å². The Labute approximate surface area is 116 Å². The lowest BCUT2D eigenvalue weighted by atomic mass is 9.80. The van der Waals surface area contributed by atoms with Crippen LogP contribution in [0.1, 0.15) is 46.0 Å². The highest BCUT2D eigenvalue weighted by atomic mass is 16.5. The molecule has 4 nitrogen and oxygen atoms in total. The molecule has 0 spiro atoms. The summed E-state index contributed by atoms with van der Waals surface area (Å²) < 4.78 is 11.0. The standard InChI is InChI=1S/C15H27NO3/c1-4-19-13-9-12(14(13)18-3)16-15(17)11-7-5-6-10(2)8-11/h10-14H,4-9H2,1-3H3,(H,16,17)/t10-,11-,12+,13-,14-/m1/s1. The molecule has 19 heavy (non-hydrogen) atoms. The molecule has 0 unspecified atom stereocenters. The van der Waals surface area contributed by atoms with Gasteiger partial charge in [0.05, 0.1) is 12.1 Å². The molecule has 2 aliphatic carbocycles. The number of nitrogens with one attached hydrogen (secondary N) is 1. The van der Waals surface area contributed by atoms with Gasteiger partial charge < -0.3 is 14.8 Å². The van der Waals surface area contributed by atoms with Gasteiger partial charge in [0.1, 0.15) is 6.10 Å². The molecule has 0 radical (unpaired) electrons. The van der Waals surface area contributed by atoms with Crippen molar-refractivity contribution in [3.8, 4) is 0 Å². The Balaban J connectivity index is 1.79. The SMILES string of the molecule is CCO[C@@H]1C[C@H](NC(=O)[C@@H]2CCC[C@@H](C)C2)[C@H]1OC. The van der Waals surface area contributed by atoms with Crippen molar-refractivity contribution in [3.05, 3.63) is 0 Å². The van der Waals surface area contributed by atoms with Crippen molar-refractivity contribution in [2.45, 2.75) is 64.2 Å². The largest absolute Gasteiger partial charge is 0.377 e. The maximum atomic E-state index is 12.3. The molecule has 0 heterocycles. The molecule has 2 rings (SSSR count). The van der Waals surface area contributed by atoms with Crippen LogP contribution in [0.4, 0.5) is 0 Å². The summed E-state index contributed by atoms with van der Waals surface area (Å²) in [6.45, 7) is 4.93. The van der Waals surface area contributed by atoms with Crippen molar-refractivity contribution >= 4 is 5.91 Å². The van der Waals surface area contributed by atoms with Gasteiger partial charge in [-0.15, -0.1) is 0 Å². The molecule has 0 aromatic heterocycles. The van der Waals surface area contributed by atoms with E-state index < -0.39 is 0 Å². The van der Waals surface area contributed by atoms with Crippen LogP contribution in [0.3, 0.4) is 0 Å². The molecule has 5 atom stereocenters. The molecule has 2 saturated carbocycles. The number of carbonyl (C=O) groups is 1. The Kier molecular flexibility index (Phi) is 5.22. The molecule has 1 N–H and O–H groups in total. The van der Waals surface area contributed by atoms with Gasteiger partial charge >= 0.3 is 0 Å². The molecule has 2 fully saturated rings. The van der Waals surface area contributed by atoms with E-state index in [2.05, 4.69) is 12.2 Å². The van der Waals surface area contributed by atoms with Gasteiger partial charge in [-0.3, -0.25) is 4.79 Å². The Morgan fingerprint density at radius 2 is 2.11 bits per heavy atom. The highest BCUT2D eigenvalue weighted by molar-refractivity contribution is 5.79. The third kappa shape index (κ3) is 3.48. The summed E-state index contributed by atoms with van der Waals surface area (Å²) >= 11 is 0. The molecule has 4 heteroatoms. The zero-order valence-electron chi connectivity index (χ0n) is 12.4. The highest BCUT2D eigenvalue weighted by Gasteiger charge is 2.43. The first-order chi connectivity index (χ1) is 9.15. The second-order valence-electron chi connectivity index (χ2n) is 6.01. The van der Waals surface area contributed by atoms with E-state index in [-0.39, 0.29) is 30.1 Å². The van der Waals surface area contributed by atoms with Crippen LogP contribution in [0.15, 0.2) is 0 Å². The summed E-state index contributed by atoms with van der Waals surface area (Å²) in [5.74, 6) is 1.10. The minimum atomic E-state index is 0.0184. The molecule has 1 amide bonds. The second kappa shape index (κ2) is 6.71. The van der Waals surface area contributed by atoms with E-state index in [1.165, 1.54) is 12.8 Å². The maximum absolute atomic E-state index is 12.3. The van der Waals surface area contributed by atoms with E-state index in [9.17, 15) is 4.79 Å². The fourth-order valence-corrected chi connectivity index (χ4v) is 3.39. The average molecular weight is 269 g/mol. The lowest BCUT2D eigenvalue weighted by molar-refractivity contribution is -0.146. The van der Waals surface area contributed by atoms with E-state index in [0.717, 1.165) is 19.3 Å². The third-order valence-corrected chi connectivity index (χ3v) is 4.54. The molecule has 0 aromatic carbocycles. The number of ether oxygens (including phenoxy) is 2. The number of carbonyl (C=O) groups excluding carboxylic acids is 1. The van der Waals surface area contributed by atoms with Crippen molar-refractivity contribution in [2.24, 2.45) is 11.8 Å². The molecular weight excluding hydrogens is 242 g/mol. The minimum absolute atomic E-state index is 0.0184. The number of methoxy groups -OCH3 is 1. The number of amides is 1. The average Bonchev–Trinajstić information content (AvgIpc) is 2.37. The fraction of sp³-hybridized carbons (Fsp3) is 0.933. The predicted octanol–water partition coefficient (Wildman–Crippen LogP) is 2.12. The monoisotopic (exact) mass is 269 g/mol. The van der Waals surface area contributed by atoms with E-state index in [4.69, 9.17) is 9.47 Å². The number of hydrogen-bond acceptors (Lipinski definition) is 3. The Morgan fingerprint density at radius 1 is 1.32 bits per heavy atom. The van der Waals surface area contributed by atoms with E-state index >= 15 is 0 Å². The van der Waals surface area contributed by atoms with E-state index in [0.29, 0.717) is 12.5 Å². The zero-order valence-corrected chi connectivity index (χ0v) is 12.4. The van der Waals surface area contributed by atoms with Crippen LogP contribution >= 0.6 is 0 Å². The lowest BCUT2D eigenvalue weighted by Gasteiger charge is -2.44. The Hall–Kier alpha value is -0.610. The van der Waals surface area contributed by atoms with Crippen molar-refractivity contribution in [1.82, 2.24) is 5.32 Å². The van der Waals surface area contributed by atoms with Crippen LogP contribution in [0.2, 0.25) is 0 Å². The van der Waals surface area contributed by atoms with Crippen LogP contribution in [0, 0.1) is 11.8 Å². The topological polar surface area (TPSA) is 47.6 Å². The molecule has 2 aliphatic rings. The smallest absolute Gasteiger partial charge is 0.223 e.